The lowest BCUT2D eigenvalue weighted by Gasteiger charge is -2.24. The van der Waals surface area contributed by atoms with Crippen molar-refractivity contribution in [1.82, 2.24) is 0 Å². The van der Waals surface area contributed by atoms with Crippen LogP contribution in [0.3, 0.4) is 0 Å². The number of guanidine groups is 1. The minimum atomic E-state index is -0.528. The van der Waals surface area contributed by atoms with Crippen LogP contribution in [-0.4, -0.2) is 18.0 Å². The normalized spacial score (nSPS) is 15.2. The highest BCUT2D eigenvalue weighted by atomic mass is 16.5. The van der Waals surface area contributed by atoms with Crippen molar-refractivity contribution < 1.29 is 9.53 Å². The lowest BCUT2D eigenvalue weighted by Crippen LogP contribution is -2.24. The third-order valence-electron chi connectivity index (χ3n) is 3.78. The molecule has 0 fully saturated rings. The number of rotatable bonds is 2. The molecular weight excluding hydrogens is 316 g/mol. The summed E-state index contributed by atoms with van der Waals surface area (Å²) in [6.45, 7) is 9.31. The number of carbonyl (C=O) groups is 1. The highest BCUT2D eigenvalue weighted by Gasteiger charge is 2.22. The summed E-state index contributed by atoms with van der Waals surface area (Å²) in [6.07, 6.45) is 1.78. The molecule has 6 heteroatoms. The quantitative estimate of drug-likeness (QED) is 0.502. The Hall–Kier alpha value is -3.59. The summed E-state index contributed by atoms with van der Waals surface area (Å²) in [5, 5.41) is 0. The molecule has 0 saturated heterocycles. The Kier molecular flexibility index (Phi) is 4.23. The van der Waals surface area contributed by atoms with Crippen LogP contribution in [0.5, 0.6) is 5.75 Å². The molecule has 0 saturated carbocycles. The van der Waals surface area contributed by atoms with E-state index < -0.39 is 5.91 Å². The zero-order valence-electron chi connectivity index (χ0n) is 13.6. The van der Waals surface area contributed by atoms with Gasteiger partial charge in [0.25, 0.3) is 5.91 Å². The fourth-order valence-corrected chi connectivity index (χ4v) is 2.75. The Bertz CT molecular complexity index is 950. The van der Waals surface area contributed by atoms with Crippen LogP contribution < -0.4 is 16.2 Å². The van der Waals surface area contributed by atoms with Crippen LogP contribution in [0.15, 0.2) is 53.5 Å². The number of fused-ring (bicyclic) bond motifs is 1. The Labute approximate surface area is 145 Å². The van der Waals surface area contributed by atoms with Crippen LogP contribution >= 0.6 is 0 Å². The van der Waals surface area contributed by atoms with Crippen LogP contribution in [0, 0.1) is 6.57 Å². The maximum Gasteiger partial charge on any atom is 0.280 e. The average Bonchev–Trinajstić information content (AvgIpc) is 2.60. The van der Waals surface area contributed by atoms with E-state index in [1.807, 2.05) is 31.2 Å². The van der Waals surface area contributed by atoms with E-state index in [4.69, 9.17) is 22.8 Å². The molecule has 1 aliphatic rings. The van der Waals surface area contributed by atoms with Gasteiger partial charge >= 0.3 is 0 Å². The van der Waals surface area contributed by atoms with Gasteiger partial charge in [0.1, 0.15) is 11.9 Å². The van der Waals surface area contributed by atoms with Crippen molar-refractivity contribution in [1.29, 1.82) is 0 Å². The topological polar surface area (TPSA) is 95.1 Å². The smallest absolute Gasteiger partial charge is 0.280 e. The van der Waals surface area contributed by atoms with Crippen molar-refractivity contribution in [2.45, 2.75) is 13.0 Å². The van der Waals surface area contributed by atoms with Crippen molar-refractivity contribution in [2.75, 3.05) is 0 Å². The van der Waals surface area contributed by atoms with Crippen molar-refractivity contribution >= 4 is 23.1 Å². The van der Waals surface area contributed by atoms with Gasteiger partial charge in [0.05, 0.1) is 6.57 Å². The van der Waals surface area contributed by atoms with Crippen LogP contribution in [0.25, 0.3) is 10.4 Å². The second kappa shape index (κ2) is 6.49. The van der Waals surface area contributed by atoms with Gasteiger partial charge in [0.15, 0.2) is 11.6 Å². The summed E-state index contributed by atoms with van der Waals surface area (Å²) in [6, 6.07) is 12.4. The first-order valence-corrected chi connectivity index (χ1v) is 7.63. The molecule has 0 aliphatic carbocycles. The van der Waals surface area contributed by atoms with Crippen LogP contribution in [0.2, 0.25) is 0 Å². The van der Waals surface area contributed by atoms with Crippen molar-refractivity contribution in [2.24, 2.45) is 16.5 Å². The number of hydrogen-bond donors (Lipinski definition) is 2. The molecule has 0 spiro atoms. The number of aliphatic imine (C=N–C) groups is 1. The summed E-state index contributed by atoms with van der Waals surface area (Å²) in [5.41, 5.74) is 13.8. The average molecular weight is 332 g/mol. The second-order valence-electron chi connectivity index (χ2n) is 5.59. The van der Waals surface area contributed by atoms with E-state index in [2.05, 4.69) is 9.84 Å². The lowest BCUT2D eigenvalue weighted by atomic mass is 9.91. The summed E-state index contributed by atoms with van der Waals surface area (Å²) in [5.74, 6) is -0.174. The Morgan fingerprint density at radius 1 is 1.20 bits per heavy atom. The first-order valence-electron chi connectivity index (χ1n) is 7.63. The van der Waals surface area contributed by atoms with Crippen LogP contribution in [0.1, 0.15) is 28.4 Å². The monoisotopic (exact) mass is 332 g/mol. The largest absolute Gasteiger partial charge is 0.486 e. The van der Waals surface area contributed by atoms with Crippen LogP contribution in [-0.2, 0) is 0 Å². The number of ether oxygens (including phenoxy) is 1. The summed E-state index contributed by atoms with van der Waals surface area (Å²) in [7, 11) is 0. The predicted molar refractivity (Wildman–Crippen MR) is 96.5 cm³/mol. The number of carbonyl (C=O) groups excluding carboxylic acids is 1. The van der Waals surface area contributed by atoms with Gasteiger partial charge in [-0.1, -0.05) is 24.3 Å². The molecule has 25 heavy (non-hydrogen) atoms. The van der Waals surface area contributed by atoms with E-state index in [-0.39, 0.29) is 12.1 Å². The first-order chi connectivity index (χ1) is 12.0. The highest BCUT2D eigenvalue weighted by molar-refractivity contribution is 6.03. The fraction of sp³-hybridized carbons (Fsp3) is 0.105. The molecule has 1 amide bonds. The van der Waals surface area contributed by atoms with Gasteiger partial charge in [-0.15, -0.1) is 0 Å². The molecule has 0 radical (unpaired) electrons. The van der Waals surface area contributed by atoms with Gasteiger partial charge in [-0.2, -0.15) is 4.99 Å². The first kappa shape index (κ1) is 16.3. The van der Waals surface area contributed by atoms with Gasteiger partial charge in [-0.05, 0) is 42.3 Å². The molecule has 2 aromatic carbocycles. The molecule has 6 nitrogen and oxygen atoms in total. The molecule has 1 aliphatic heterocycles. The number of nitrogens with zero attached hydrogens (tertiary/aromatic N) is 2. The van der Waals surface area contributed by atoms with E-state index >= 15 is 0 Å². The van der Waals surface area contributed by atoms with Gasteiger partial charge in [0, 0.05) is 11.1 Å². The fourth-order valence-electron chi connectivity index (χ4n) is 2.75. The zero-order chi connectivity index (χ0) is 18.0. The number of para-hydroxylation sites is 1. The molecule has 1 unspecified atom stereocenters. The second-order valence-corrected chi connectivity index (χ2v) is 5.59. The summed E-state index contributed by atoms with van der Waals surface area (Å²) < 4.78 is 5.82. The third-order valence-corrected chi connectivity index (χ3v) is 3.78. The minimum absolute atomic E-state index is 0.152. The SMILES string of the molecule is [C-]#[N+]c1ccccc1C1=CC(C)Oc2ccc(C(=O)N=C(N)N)cc21. The van der Waals surface area contributed by atoms with E-state index in [1.165, 1.54) is 0 Å². The standard InChI is InChI=1S/C19H16N4O2/c1-11-9-14(13-5-3-4-6-16(13)22-2)15-10-12(7-8-17(15)25-11)18(24)23-19(20)21/h3-11H,1H3,(H4,20,21,23,24). The Morgan fingerprint density at radius 3 is 2.68 bits per heavy atom. The summed E-state index contributed by atoms with van der Waals surface area (Å²) >= 11 is 0. The van der Waals surface area contributed by atoms with Crippen molar-refractivity contribution in [3.8, 4) is 5.75 Å². The van der Waals surface area contributed by atoms with E-state index in [9.17, 15) is 4.79 Å². The molecule has 3 rings (SSSR count). The Morgan fingerprint density at radius 2 is 1.96 bits per heavy atom. The third kappa shape index (κ3) is 3.21. The van der Waals surface area contributed by atoms with E-state index in [0.717, 1.165) is 16.7 Å². The maximum atomic E-state index is 12.1. The van der Waals surface area contributed by atoms with Crippen molar-refractivity contribution in [3.63, 3.8) is 0 Å². The van der Waals surface area contributed by atoms with E-state index in [1.54, 1.807) is 24.3 Å². The zero-order valence-corrected chi connectivity index (χ0v) is 13.6. The van der Waals surface area contributed by atoms with Gasteiger partial charge in [-0.3, -0.25) is 4.79 Å². The highest BCUT2D eigenvalue weighted by Crippen LogP contribution is 2.40. The molecule has 124 valence electrons. The molecule has 4 N–H and O–H groups in total. The van der Waals surface area contributed by atoms with E-state index in [0.29, 0.717) is 17.0 Å². The molecule has 2 aromatic rings. The molecule has 1 heterocycles. The maximum absolute atomic E-state index is 12.1. The number of nitrogens with two attached hydrogens (primary N) is 2. The lowest BCUT2D eigenvalue weighted by molar-refractivity contribution is 0.100. The molecule has 0 bridgehead atoms. The number of hydrogen-bond acceptors (Lipinski definition) is 2. The Balaban J connectivity index is 2.16. The molecule has 1 atom stereocenters. The minimum Gasteiger partial charge on any atom is -0.486 e. The van der Waals surface area contributed by atoms with Crippen molar-refractivity contribution in [3.05, 3.63) is 76.6 Å². The van der Waals surface area contributed by atoms with Gasteiger partial charge < -0.3 is 16.2 Å². The number of benzene rings is 2. The van der Waals surface area contributed by atoms with Gasteiger partial charge in [0.2, 0.25) is 0 Å². The predicted octanol–water partition coefficient (Wildman–Crippen LogP) is 2.86. The number of amides is 1. The van der Waals surface area contributed by atoms with Crippen LogP contribution in [0.4, 0.5) is 5.69 Å². The summed E-state index contributed by atoms with van der Waals surface area (Å²) in [4.78, 5) is 19.3. The molecular formula is C19H16N4O2. The molecule has 0 aromatic heterocycles. The van der Waals surface area contributed by atoms with Gasteiger partial charge in [-0.25, -0.2) is 4.85 Å².